The number of benzene rings is 1. The van der Waals surface area contributed by atoms with E-state index < -0.39 is 29.0 Å². The molecule has 0 radical (unpaired) electrons. The molecule has 1 aromatic carbocycles. The van der Waals surface area contributed by atoms with E-state index in [4.69, 9.17) is 5.73 Å². The summed E-state index contributed by atoms with van der Waals surface area (Å²) in [6.07, 6.45) is 1.37. The number of carbonyl (C=O) groups is 1. The number of rotatable bonds is 2. The molecule has 0 fully saturated rings. The fraction of sp³-hybridized carbons (Fsp3) is 0. The van der Waals surface area contributed by atoms with Crippen LogP contribution < -0.4 is 11.1 Å². The molecule has 1 aromatic heterocycles. The van der Waals surface area contributed by atoms with Crippen molar-refractivity contribution in [2.75, 3.05) is 11.1 Å². The van der Waals surface area contributed by atoms with Crippen LogP contribution in [0.4, 0.5) is 24.5 Å². The molecular formula is C11H8F3N3O. The predicted molar refractivity (Wildman–Crippen MR) is 59.5 cm³/mol. The van der Waals surface area contributed by atoms with Crippen molar-refractivity contribution in [2.45, 2.75) is 0 Å². The number of carbonyl (C=O) groups excluding carboxylic acids is 1. The standard InChI is InChI=1S/C11H8F3N3O/c12-6-2-8(14)9(3-7(6)13)17-11(18)10-1-5(15)4-16-10/h1-4,16H,15H2,(H,17,18). The molecule has 4 N–H and O–H groups in total. The third-order valence-corrected chi connectivity index (χ3v) is 2.21. The Hall–Kier alpha value is -2.44. The minimum absolute atomic E-state index is 0.0802. The van der Waals surface area contributed by atoms with Gasteiger partial charge in [0.05, 0.1) is 5.69 Å². The first-order valence-electron chi connectivity index (χ1n) is 4.87. The number of hydrogen-bond donors (Lipinski definition) is 3. The second-order valence-electron chi connectivity index (χ2n) is 3.55. The molecule has 0 bridgehead atoms. The molecule has 0 aliphatic heterocycles. The van der Waals surface area contributed by atoms with Crippen molar-refractivity contribution in [3.05, 3.63) is 47.5 Å². The zero-order valence-electron chi connectivity index (χ0n) is 8.93. The van der Waals surface area contributed by atoms with Crippen molar-refractivity contribution >= 4 is 17.3 Å². The molecule has 18 heavy (non-hydrogen) atoms. The lowest BCUT2D eigenvalue weighted by molar-refractivity contribution is 0.102. The SMILES string of the molecule is Nc1c[nH]c(C(=O)Nc2cc(F)c(F)cc2F)c1. The van der Waals surface area contributed by atoms with Gasteiger partial charge in [-0.25, -0.2) is 13.2 Å². The highest BCUT2D eigenvalue weighted by atomic mass is 19.2. The molecular weight excluding hydrogens is 247 g/mol. The van der Waals surface area contributed by atoms with E-state index in [1.807, 2.05) is 0 Å². The van der Waals surface area contributed by atoms with Gasteiger partial charge in [-0.05, 0) is 6.07 Å². The molecule has 7 heteroatoms. The van der Waals surface area contributed by atoms with E-state index in [2.05, 4.69) is 10.3 Å². The average Bonchev–Trinajstić information content (AvgIpc) is 2.73. The number of aromatic amines is 1. The number of hydrogen-bond acceptors (Lipinski definition) is 2. The Labute approximate surface area is 99.6 Å². The molecule has 94 valence electrons. The Balaban J connectivity index is 2.24. The van der Waals surface area contributed by atoms with Crippen molar-refractivity contribution in [3.63, 3.8) is 0 Å². The third kappa shape index (κ3) is 2.29. The lowest BCUT2D eigenvalue weighted by atomic mass is 10.2. The van der Waals surface area contributed by atoms with Crippen molar-refractivity contribution in [1.29, 1.82) is 0 Å². The number of nitrogen functional groups attached to an aromatic ring is 1. The molecule has 0 aliphatic carbocycles. The van der Waals surface area contributed by atoms with Gasteiger partial charge in [0.1, 0.15) is 11.5 Å². The van der Waals surface area contributed by atoms with Crippen LogP contribution >= 0.6 is 0 Å². The Morgan fingerprint density at radius 3 is 2.39 bits per heavy atom. The van der Waals surface area contributed by atoms with Crippen LogP contribution in [0.3, 0.4) is 0 Å². The molecule has 0 saturated carbocycles. The highest BCUT2D eigenvalue weighted by Gasteiger charge is 2.14. The second-order valence-corrected chi connectivity index (χ2v) is 3.55. The van der Waals surface area contributed by atoms with Gasteiger partial charge in [0.15, 0.2) is 11.6 Å². The molecule has 1 amide bonds. The van der Waals surface area contributed by atoms with Crippen molar-refractivity contribution in [3.8, 4) is 0 Å². The van der Waals surface area contributed by atoms with E-state index in [1.165, 1.54) is 12.3 Å². The largest absolute Gasteiger partial charge is 0.397 e. The summed E-state index contributed by atoms with van der Waals surface area (Å²) in [6.45, 7) is 0. The maximum absolute atomic E-state index is 13.3. The fourth-order valence-electron chi connectivity index (χ4n) is 1.35. The van der Waals surface area contributed by atoms with Crippen molar-refractivity contribution in [2.24, 2.45) is 0 Å². The maximum Gasteiger partial charge on any atom is 0.272 e. The van der Waals surface area contributed by atoms with Gasteiger partial charge in [-0.3, -0.25) is 4.79 Å². The Morgan fingerprint density at radius 1 is 1.11 bits per heavy atom. The molecule has 0 spiro atoms. The Bertz CT molecular complexity index is 610. The van der Waals surface area contributed by atoms with Gasteiger partial charge < -0.3 is 16.0 Å². The minimum atomic E-state index is -1.32. The molecule has 1 heterocycles. The predicted octanol–water partition coefficient (Wildman–Crippen LogP) is 2.27. The lowest BCUT2D eigenvalue weighted by Crippen LogP contribution is -2.13. The molecule has 0 saturated heterocycles. The number of aromatic nitrogens is 1. The molecule has 0 atom stereocenters. The van der Waals surface area contributed by atoms with E-state index in [9.17, 15) is 18.0 Å². The summed E-state index contributed by atoms with van der Waals surface area (Å²) in [6, 6.07) is 2.25. The summed E-state index contributed by atoms with van der Waals surface area (Å²) in [5.41, 5.74) is 5.34. The van der Waals surface area contributed by atoms with E-state index in [0.29, 0.717) is 17.8 Å². The van der Waals surface area contributed by atoms with Gasteiger partial charge in [0, 0.05) is 24.0 Å². The van der Waals surface area contributed by atoms with E-state index in [-0.39, 0.29) is 5.69 Å². The monoisotopic (exact) mass is 255 g/mol. The smallest absolute Gasteiger partial charge is 0.272 e. The summed E-state index contributed by atoms with van der Waals surface area (Å²) in [5.74, 6) is -4.36. The minimum Gasteiger partial charge on any atom is -0.397 e. The quantitative estimate of drug-likeness (QED) is 0.720. The summed E-state index contributed by atoms with van der Waals surface area (Å²) >= 11 is 0. The van der Waals surface area contributed by atoms with E-state index >= 15 is 0 Å². The molecule has 2 rings (SSSR count). The third-order valence-electron chi connectivity index (χ3n) is 2.21. The van der Waals surface area contributed by atoms with Crippen LogP contribution in [0.2, 0.25) is 0 Å². The van der Waals surface area contributed by atoms with Gasteiger partial charge in [0.2, 0.25) is 0 Å². The van der Waals surface area contributed by atoms with Crippen LogP contribution in [0.25, 0.3) is 0 Å². The topological polar surface area (TPSA) is 70.9 Å². The number of amides is 1. The highest BCUT2D eigenvalue weighted by Crippen LogP contribution is 2.19. The van der Waals surface area contributed by atoms with Crippen LogP contribution in [-0.2, 0) is 0 Å². The van der Waals surface area contributed by atoms with Crippen LogP contribution in [0.1, 0.15) is 10.5 Å². The van der Waals surface area contributed by atoms with Gasteiger partial charge in [-0.1, -0.05) is 0 Å². The summed E-state index contributed by atoms with van der Waals surface area (Å²) < 4.78 is 38.8. The summed E-state index contributed by atoms with van der Waals surface area (Å²) in [5, 5.41) is 2.10. The van der Waals surface area contributed by atoms with Gasteiger partial charge >= 0.3 is 0 Å². The first kappa shape index (κ1) is 12.0. The van der Waals surface area contributed by atoms with Gasteiger partial charge in [-0.2, -0.15) is 0 Å². The maximum atomic E-state index is 13.3. The molecule has 0 aliphatic rings. The Morgan fingerprint density at radius 2 is 1.78 bits per heavy atom. The number of halogens is 3. The van der Waals surface area contributed by atoms with E-state index in [0.717, 1.165) is 0 Å². The van der Waals surface area contributed by atoms with Crippen LogP contribution in [-0.4, -0.2) is 10.9 Å². The van der Waals surface area contributed by atoms with Crippen LogP contribution in [0.15, 0.2) is 24.4 Å². The van der Waals surface area contributed by atoms with Gasteiger partial charge in [0.25, 0.3) is 5.91 Å². The van der Waals surface area contributed by atoms with Crippen LogP contribution in [0.5, 0.6) is 0 Å². The molecule has 0 unspecified atom stereocenters. The summed E-state index contributed by atoms with van der Waals surface area (Å²) in [4.78, 5) is 14.1. The number of H-pyrrole nitrogens is 1. The van der Waals surface area contributed by atoms with Crippen molar-refractivity contribution in [1.82, 2.24) is 4.98 Å². The molecule has 4 nitrogen and oxygen atoms in total. The molecule has 2 aromatic rings. The average molecular weight is 255 g/mol. The van der Waals surface area contributed by atoms with Crippen LogP contribution in [0, 0.1) is 17.5 Å². The first-order chi connectivity index (χ1) is 8.47. The highest BCUT2D eigenvalue weighted by molar-refractivity contribution is 6.03. The zero-order valence-corrected chi connectivity index (χ0v) is 8.93. The number of nitrogens with two attached hydrogens (primary N) is 1. The summed E-state index contributed by atoms with van der Waals surface area (Å²) in [7, 11) is 0. The fourth-order valence-corrected chi connectivity index (χ4v) is 1.35. The first-order valence-corrected chi connectivity index (χ1v) is 4.87. The normalized spacial score (nSPS) is 10.4. The van der Waals surface area contributed by atoms with Gasteiger partial charge in [-0.15, -0.1) is 0 Å². The lowest BCUT2D eigenvalue weighted by Gasteiger charge is -2.05. The van der Waals surface area contributed by atoms with Crippen molar-refractivity contribution < 1.29 is 18.0 Å². The Kier molecular flexibility index (Phi) is 2.97. The zero-order chi connectivity index (χ0) is 13.3. The van der Waals surface area contributed by atoms with E-state index in [1.54, 1.807) is 0 Å². The number of nitrogens with one attached hydrogen (secondary N) is 2. The second kappa shape index (κ2) is 4.44. The number of anilines is 2.